The van der Waals surface area contributed by atoms with Crippen molar-refractivity contribution in [3.63, 3.8) is 0 Å². The second-order valence-electron chi connectivity index (χ2n) is 6.67. The van der Waals surface area contributed by atoms with Crippen molar-refractivity contribution in [1.29, 1.82) is 0 Å². The molecule has 4 rings (SSSR count). The normalized spacial score (nSPS) is 10.9. The Bertz CT molecular complexity index is 1220. The van der Waals surface area contributed by atoms with Gasteiger partial charge in [-0.15, -0.1) is 0 Å². The van der Waals surface area contributed by atoms with Gasteiger partial charge in [0.25, 0.3) is 11.6 Å². The number of ether oxygens (including phenoxy) is 1. The van der Waals surface area contributed by atoms with Crippen molar-refractivity contribution in [3.8, 4) is 17.0 Å². The molecule has 2 heterocycles. The van der Waals surface area contributed by atoms with Gasteiger partial charge in [0.1, 0.15) is 5.75 Å². The summed E-state index contributed by atoms with van der Waals surface area (Å²) < 4.78 is 10.5. The second kappa shape index (κ2) is 7.56. The molecule has 7 heteroatoms. The minimum Gasteiger partial charge on any atom is -0.497 e. The van der Waals surface area contributed by atoms with Gasteiger partial charge >= 0.3 is 0 Å². The average molecular weight is 408 g/mol. The monoisotopic (exact) mass is 407 g/mol. The van der Waals surface area contributed by atoms with E-state index in [1.807, 2.05) is 31.2 Å². The number of carbonyl (C=O) groups excluding carboxylic acids is 1. The summed E-state index contributed by atoms with van der Waals surface area (Å²) in [6.45, 7) is 3.79. The molecule has 0 saturated carbocycles. The Hall–Kier alpha value is -3.38. The number of fused-ring (bicyclic) bond motifs is 1. The summed E-state index contributed by atoms with van der Waals surface area (Å²) >= 11 is 6.27. The molecule has 6 nitrogen and oxygen atoms in total. The van der Waals surface area contributed by atoms with Gasteiger partial charge in [0, 0.05) is 11.6 Å². The lowest BCUT2D eigenvalue weighted by molar-refractivity contribution is 0.102. The molecule has 4 aromatic rings. The van der Waals surface area contributed by atoms with Crippen molar-refractivity contribution >= 4 is 34.3 Å². The quantitative estimate of drug-likeness (QED) is 0.488. The Labute approximate surface area is 172 Å². The van der Waals surface area contributed by atoms with Crippen molar-refractivity contribution in [1.82, 2.24) is 10.1 Å². The fourth-order valence-electron chi connectivity index (χ4n) is 3.06. The zero-order chi connectivity index (χ0) is 20.5. The summed E-state index contributed by atoms with van der Waals surface area (Å²) in [6, 6.07) is 14.7. The predicted octanol–water partition coefficient (Wildman–Crippen LogP) is 5.42. The molecule has 0 atom stereocenters. The van der Waals surface area contributed by atoms with Crippen molar-refractivity contribution in [2.24, 2.45) is 0 Å². The third kappa shape index (κ3) is 3.67. The Morgan fingerprint density at radius 3 is 2.55 bits per heavy atom. The zero-order valence-corrected chi connectivity index (χ0v) is 16.9. The predicted molar refractivity (Wildman–Crippen MR) is 113 cm³/mol. The number of hydrogen-bond acceptors (Lipinski definition) is 5. The van der Waals surface area contributed by atoms with Gasteiger partial charge in [-0.05, 0) is 32.0 Å². The molecule has 146 valence electrons. The number of rotatable bonds is 4. The molecule has 0 aliphatic heterocycles. The first-order valence-corrected chi connectivity index (χ1v) is 9.33. The molecule has 1 N–H and O–H groups in total. The van der Waals surface area contributed by atoms with Crippen LogP contribution in [-0.2, 0) is 0 Å². The van der Waals surface area contributed by atoms with Crippen LogP contribution in [0.2, 0.25) is 5.02 Å². The summed E-state index contributed by atoms with van der Waals surface area (Å²) in [5.41, 5.74) is 4.44. The van der Waals surface area contributed by atoms with E-state index in [1.165, 1.54) is 0 Å². The molecule has 0 aliphatic carbocycles. The Morgan fingerprint density at radius 1 is 1.10 bits per heavy atom. The number of nitrogens with one attached hydrogen (secondary N) is 1. The average Bonchev–Trinajstić information content (AvgIpc) is 3.10. The lowest BCUT2D eigenvalue weighted by Crippen LogP contribution is -2.13. The summed E-state index contributed by atoms with van der Waals surface area (Å²) in [7, 11) is 1.55. The molecule has 0 spiro atoms. The maximum atomic E-state index is 13.1. The number of nitrogens with zero attached hydrogens (tertiary/aromatic N) is 2. The van der Waals surface area contributed by atoms with E-state index in [1.54, 1.807) is 38.3 Å². The number of hydrogen-bond donors (Lipinski definition) is 1. The van der Waals surface area contributed by atoms with Gasteiger partial charge in [0.05, 0.1) is 40.2 Å². The van der Waals surface area contributed by atoms with E-state index in [-0.39, 0.29) is 5.91 Å². The van der Waals surface area contributed by atoms with E-state index in [9.17, 15) is 4.79 Å². The SMILES string of the molecule is COc1ccc(NC(=O)c2cc(-c3ccc(C)cc3)nc3onc(C)c23)c(Cl)c1. The highest BCUT2D eigenvalue weighted by Gasteiger charge is 2.20. The van der Waals surface area contributed by atoms with Crippen molar-refractivity contribution in [3.05, 3.63) is 70.4 Å². The van der Waals surface area contributed by atoms with Crippen LogP contribution < -0.4 is 10.1 Å². The van der Waals surface area contributed by atoms with E-state index < -0.39 is 0 Å². The number of pyridine rings is 1. The number of amides is 1. The van der Waals surface area contributed by atoms with Gasteiger partial charge in [-0.1, -0.05) is 46.6 Å². The Morgan fingerprint density at radius 2 is 1.86 bits per heavy atom. The number of methoxy groups -OCH3 is 1. The fourth-order valence-corrected chi connectivity index (χ4v) is 3.28. The van der Waals surface area contributed by atoms with E-state index >= 15 is 0 Å². The molecule has 2 aromatic carbocycles. The number of aryl methyl sites for hydroxylation is 2. The largest absolute Gasteiger partial charge is 0.497 e. The van der Waals surface area contributed by atoms with Gasteiger partial charge in [0.15, 0.2) is 0 Å². The van der Waals surface area contributed by atoms with Crippen LogP contribution in [0.15, 0.2) is 53.1 Å². The van der Waals surface area contributed by atoms with E-state index in [0.29, 0.717) is 44.5 Å². The second-order valence-corrected chi connectivity index (χ2v) is 7.08. The van der Waals surface area contributed by atoms with Gasteiger partial charge in [-0.25, -0.2) is 4.98 Å². The topological polar surface area (TPSA) is 77.2 Å². The molecule has 1 amide bonds. The van der Waals surface area contributed by atoms with Crippen LogP contribution >= 0.6 is 11.6 Å². The first kappa shape index (κ1) is 19.0. The van der Waals surface area contributed by atoms with Crippen molar-refractivity contribution in [2.75, 3.05) is 12.4 Å². The lowest BCUT2D eigenvalue weighted by atomic mass is 10.0. The molecule has 0 radical (unpaired) electrons. The summed E-state index contributed by atoms with van der Waals surface area (Å²) in [5.74, 6) is 0.278. The zero-order valence-electron chi connectivity index (χ0n) is 16.1. The maximum absolute atomic E-state index is 13.1. The first-order chi connectivity index (χ1) is 14.0. The van der Waals surface area contributed by atoms with Crippen LogP contribution in [0, 0.1) is 13.8 Å². The van der Waals surface area contributed by atoms with Crippen molar-refractivity contribution < 1.29 is 14.1 Å². The molecule has 0 aliphatic rings. The number of anilines is 1. The van der Waals surface area contributed by atoms with Crippen LogP contribution in [0.1, 0.15) is 21.6 Å². The fraction of sp³-hybridized carbons (Fsp3) is 0.136. The number of carbonyl (C=O) groups is 1. The molecular formula is C22H18ClN3O3. The lowest BCUT2D eigenvalue weighted by Gasteiger charge is -2.10. The summed E-state index contributed by atoms with van der Waals surface area (Å²) in [6.07, 6.45) is 0. The van der Waals surface area contributed by atoms with Crippen LogP contribution in [-0.4, -0.2) is 23.2 Å². The molecule has 29 heavy (non-hydrogen) atoms. The van der Waals surface area contributed by atoms with Gasteiger partial charge in [0.2, 0.25) is 0 Å². The van der Waals surface area contributed by atoms with Crippen LogP contribution in [0.5, 0.6) is 5.75 Å². The van der Waals surface area contributed by atoms with Gasteiger partial charge in [-0.3, -0.25) is 4.79 Å². The van der Waals surface area contributed by atoms with E-state index in [2.05, 4.69) is 15.5 Å². The summed E-state index contributed by atoms with van der Waals surface area (Å²) in [5, 5.41) is 7.78. The highest BCUT2D eigenvalue weighted by atomic mass is 35.5. The van der Waals surface area contributed by atoms with Crippen molar-refractivity contribution in [2.45, 2.75) is 13.8 Å². The molecule has 2 aromatic heterocycles. The van der Waals surface area contributed by atoms with E-state index in [4.69, 9.17) is 20.9 Å². The highest BCUT2D eigenvalue weighted by molar-refractivity contribution is 6.34. The van der Waals surface area contributed by atoms with E-state index in [0.717, 1.165) is 11.1 Å². The molecule has 0 fully saturated rings. The number of benzene rings is 2. The van der Waals surface area contributed by atoms with Gasteiger partial charge < -0.3 is 14.6 Å². The highest BCUT2D eigenvalue weighted by Crippen LogP contribution is 2.30. The number of aromatic nitrogens is 2. The third-order valence-electron chi connectivity index (χ3n) is 4.63. The Kier molecular flexibility index (Phi) is 4.94. The Balaban J connectivity index is 1.78. The summed E-state index contributed by atoms with van der Waals surface area (Å²) in [4.78, 5) is 17.7. The molecule has 0 bridgehead atoms. The third-order valence-corrected chi connectivity index (χ3v) is 4.95. The maximum Gasteiger partial charge on any atom is 0.259 e. The minimum absolute atomic E-state index is 0.312. The van der Waals surface area contributed by atoms with Crippen LogP contribution in [0.25, 0.3) is 22.4 Å². The van der Waals surface area contributed by atoms with Crippen LogP contribution in [0.3, 0.4) is 0 Å². The van der Waals surface area contributed by atoms with Crippen LogP contribution in [0.4, 0.5) is 5.69 Å². The molecule has 0 saturated heterocycles. The first-order valence-electron chi connectivity index (χ1n) is 8.95. The van der Waals surface area contributed by atoms with Gasteiger partial charge in [-0.2, -0.15) is 0 Å². The standard InChI is InChI=1S/C22H18ClN3O3/c1-12-4-6-14(7-5-12)19-11-16(20-13(2)26-29-22(20)25-19)21(27)24-18-9-8-15(28-3)10-17(18)23/h4-11H,1-3H3,(H,24,27). The minimum atomic E-state index is -0.330. The number of halogens is 1. The molecular weight excluding hydrogens is 390 g/mol. The molecule has 0 unspecified atom stereocenters. The smallest absolute Gasteiger partial charge is 0.259 e.